The Morgan fingerprint density at radius 3 is 1.50 bits per heavy atom. The van der Waals surface area contributed by atoms with E-state index in [1.54, 1.807) is 26.4 Å². The smallest absolute Gasteiger partial charge is 0.102 e. The molecule has 184 valence electrons. The lowest BCUT2D eigenvalue weighted by molar-refractivity contribution is 0.739. The maximum Gasteiger partial charge on any atom is 0.102 e. The van der Waals surface area contributed by atoms with Gasteiger partial charge in [0.15, 0.2) is 0 Å². The van der Waals surface area contributed by atoms with Gasteiger partial charge in [-0.15, -0.1) is 6.58 Å². The van der Waals surface area contributed by atoms with Gasteiger partial charge in [-0.1, -0.05) is 18.7 Å². The van der Waals surface area contributed by atoms with Gasteiger partial charge in [-0.05, 0) is 53.7 Å². The van der Waals surface area contributed by atoms with E-state index in [0.717, 1.165) is 43.7 Å². The number of amidine groups is 2. The average Bonchev–Trinajstić information content (AvgIpc) is 3.36. The highest BCUT2D eigenvalue weighted by molar-refractivity contribution is 5.80. The summed E-state index contributed by atoms with van der Waals surface area (Å²) >= 11 is 0. The van der Waals surface area contributed by atoms with Crippen molar-refractivity contribution in [3.63, 3.8) is 0 Å². The number of hydrogen-bond acceptors (Lipinski definition) is 8. The van der Waals surface area contributed by atoms with Crippen molar-refractivity contribution in [1.29, 1.82) is 0 Å². The molecule has 0 saturated heterocycles. The Bertz CT molecular complexity index is 639. The van der Waals surface area contributed by atoms with E-state index in [1.807, 2.05) is 34.6 Å². The fraction of sp³-hybridized carbons (Fsp3) is 0.522. The number of aromatic nitrogens is 2. The first-order valence-electron chi connectivity index (χ1n) is 10.5. The topological polar surface area (TPSA) is 142 Å². The third kappa shape index (κ3) is 41.2. The molecule has 0 aromatic carbocycles. The number of imidazole rings is 1. The molecule has 0 unspecified atom stereocenters. The van der Waals surface area contributed by atoms with Crippen LogP contribution < -0.4 is 27.4 Å². The lowest BCUT2D eigenvalue weighted by Gasteiger charge is -2.08. The van der Waals surface area contributed by atoms with E-state index in [-0.39, 0.29) is 0 Å². The van der Waals surface area contributed by atoms with Crippen LogP contribution in [0, 0.1) is 6.92 Å². The number of nitrogens with zero attached hydrogens (tertiary/aromatic N) is 3. The molecule has 1 aromatic heterocycles. The van der Waals surface area contributed by atoms with Crippen molar-refractivity contribution in [2.75, 3.05) is 33.2 Å². The Morgan fingerprint density at radius 1 is 0.938 bits per heavy atom. The maximum atomic E-state index is 4.99. The highest BCUT2D eigenvalue weighted by Crippen LogP contribution is 1.86. The van der Waals surface area contributed by atoms with Crippen LogP contribution in [0.4, 0.5) is 0 Å². The molecule has 3 heterocycles. The zero-order valence-corrected chi connectivity index (χ0v) is 21.3. The molecule has 3 rings (SSSR count). The predicted octanol–water partition coefficient (Wildman–Crippen LogP) is 2.82. The van der Waals surface area contributed by atoms with E-state index in [9.17, 15) is 0 Å². The molecular weight excluding hydrogens is 402 g/mol. The summed E-state index contributed by atoms with van der Waals surface area (Å²) in [6.07, 6.45) is 4.72. The van der Waals surface area contributed by atoms with Gasteiger partial charge in [0.2, 0.25) is 0 Å². The molecule has 9 heteroatoms. The summed E-state index contributed by atoms with van der Waals surface area (Å²) < 4.78 is 0. The molecule has 1 aromatic rings. The molecule has 0 fully saturated rings. The Kier molecular flexibility index (Phi) is 25.1. The van der Waals surface area contributed by atoms with Crippen LogP contribution in [0.1, 0.15) is 46.9 Å². The van der Waals surface area contributed by atoms with Crippen LogP contribution in [0.3, 0.4) is 0 Å². The third-order valence-corrected chi connectivity index (χ3v) is 2.86. The Morgan fingerprint density at radius 2 is 1.38 bits per heavy atom. The molecule has 0 aliphatic carbocycles. The van der Waals surface area contributed by atoms with Crippen LogP contribution >= 0.6 is 0 Å². The molecule has 0 spiro atoms. The fourth-order valence-corrected chi connectivity index (χ4v) is 1.51. The quantitative estimate of drug-likeness (QED) is 0.364. The number of rotatable bonds is 1. The first-order chi connectivity index (χ1) is 14.9. The zero-order chi connectivity index (χ0) is 25.4. The van der Waals surface area contributed by atoms with Crippen LogP contribution in [0.25, 0.3) is 0 Å². The summed E-state index contributed by atoms with van der Waals surface area (Å²) in [5.74, 6) is 3.64. The largest absolute Gasteiger partial charge is 0.403 e. The monoisotopic (exact) mass is 449 g/mol. The summed E-state index contributed by atoms with van der Waals surface area (Å²) in [4.78, 5) is 14.9. The third-order valence-electron chi connectivity index (χ3n) is 2.86. The minimum atomic E-state index is 0.505. The van der Waals surface area contributed by atoms with Crippen molar-refractivity contribution >= 4 is 11.7 Å². The summed E-state index contributed by atoms with van der Waals surface area (Å²) in [6.45, 7) is 25.9. The highest BCUT2D eigenvalue weighted by atomic mass is 15.1. The molecule has 2 aliphatic rings. The Balaban J connectivity index is -0.000000320. The minimum Gasteiger partial charge on any atom is -0.403 e. The average molecular weight is 450 g/mol. The van der Waals surface area contributed by atoms with Gasteiger partial charge in [-0.25, -0.2) is 4.98 Å². The molecule has 9 nitrogen and oxygen atoms in total. The summed E-state index contributed by atoms with van der Waals surface area (Å²) in [5.41, 5.74) is 11.7. The second-order valence-corrected chi connectivity index (χ2v) is 7.14. The van der Waals surface area contributed by atoms with Gasteiger partial charge < -0.3 is 32.4 Å². The Hall–Kier alpha value is -3.23. The lowest BCUT2D eigenvalue weighted by Crippen LogP contribution is -2.26. The molecular formula is C23H47N9. The number of hydrogen-bond donors (Lipinski definition) is 6. The predicted molar refractivity (Wildman–Crippen MR) is 142 cm³/mol. The van der Waals surface area contributed by atoms with Gasteiger partial charge in [0.25, 0.3) is 0 Å². The fourth-order valence-electron chi connectivity index (χ4n) is 1.51. The van der Waals surface area contributed by atoms with E-state index in [0.29, 0.717) is 11.5 Å². The normalized spacial score (nSPS) is 12.5. The molecule has 0 radical (unpaired) electrons. The van der Waals surface area contributed by atoms with E-state index >= 15 is 0 Å². The SMILES string of the molecule is C=C(C)C.C=C(C)N.C=C(N)NC.CC1=NCCCN1.CC1=NCCN1.Cc1ncc[nH]1. The molecule has 0 atom stereocenters. The van der Waals surface area contributed by atoms with Crippen molar-refractivity contribution in [2.45, 2.75) is 48.0 Å². The van der Waals surface area contributed by atoms with Crippen LogP contribution in [-0.4, -0.2) is 54.9 Å². The second-order valence-electron chi connectivity index (χ2n) is 7.14. The number of aliphatic imine (C=N–C) groups is 2. The van der Waals surface area contributed by atoms with Crippen molar-refractivity contribution < 1.29 is 0 Å². The highest BCUT2D eigenvalue weighted by Gasteiger charge is 1.94. The number of aromatic amines is 1. The zero-order valence-electron chi connectivity index (χ0n) is 21.3. The molecule has 0 bridgehead atoms. The number of nitrogens with one attached hydrogen (secondary N) is 4. The minimum absolute atomic E-state index is 0.505. The van der Waals surface area contributed by atoms with E-state index < -0.39 is 0 Å². The second kappa shape index (κ2) is 24.0. The number of allylic oxidation sites excluding steroid dienone is 2. The van der Waals surface area contributed by atoms with Crippen LogP contribution in [0.5, 0.6) is 0 Å². The first-order valence-corrected chi connectivity index (χ1v) is 10.5. The molecule has 8 N–H and O–H groups in total. The maximum absolute atomic E-state index is 4.99. The standard InChI is InChI=1S/C5H10N2.C4H8N2.C4H6N2.C4H8.C3H8N2.C3H7N/c1-5-6-3-2-4-7-5;2*1-4-5-2-3-6-4;1-4(2)3;1-3(4)5-2;1-3(2)4/h2-4H2,1H3,(H,6,7);2-3H2,1H3,(H,5,6);2-3H,1H3,(H,5,6);1H2,2-3H3;5H,1,4H2,2H3;1,4H2,2H3. The molecule has 0 amide bonds. The molecule has 2 aliphatic heterocycles. The molecule has 0 saturated carbocycles. The van der Waals surface area contributed by atoms with Gasteiger partial charge in [0.05, 0.1) is 24.0 Å². The van der Waals surface area contributed by atoms with Crippen LogP contribution in [0.15, 0.2) is 59.2 Å². The number of nitrogens with two attached hydrogens (primary N) is 2. The van der Waals surface area contributed by atoms with Crippen LogP contribution in [-0.2, 0) is 0 Å². The van der Waals surface area contributed by atoms with Gasteiger partial charge in [0, 0.05) is 39.1 Å². The van der Waals surface area contributed by atoms with E-state index in [1.165, 1.54) is 12.0 Å². The van der Waals surface area contributed by atoms with Gasteiger partial charge >= 0.3 is 0 Å². The molecule has 32 heavy (non-hydrogen) atoms. The number of aryl methyl sites for hydroxylation is 1. The summed E-state index contributed by atoms with van der Waals surface area (Å²) in [5, 5.41) is 8.81. The first kappa shape index (κ1) is 33.4. The van der Waals surface area contributed by atoms with Crippen molar-refractivity contribution in [2.24, 2.45) is 21.5 Å². The van der Waals surface area contributed by atoms with Gasteiger partial charge in [-0.3, -0.25) is 9.98 Å². The Labute approximate surface area is 195 Å². The van der Waals surface area contributed by atoms with Gasteiger partial charge in [0.1, 0.15) is 5.82 Å². The van der Waals surface area contributed by atoms with Crippen molar-refractivity contribution in [3.05, 3.63) is 55.0 Å². The summed E-state index contributed by atoms with van der Waals surface area (Å²) in [7, 11) is 1.72. The lowest BCUT2D eigenvalue weighted by atomic mass is 10.4. The number of H-pyrrole nitrogens is 1. The van der Waals surface area contributed by atoms with Crippen molar-refractivity contribution in [3.8, 4) is 0 Å². The van der Waals surface area contributed by atoms with Crippen molar-refractivity contribution in [1.82, 2.24) is 25.9 Å². The van der Waals surface area contributed by atoms with E-state index in [4.69, 9.17) is 11.5 Å². The van der Waals surface area contributed by atoms with Crippen LogP contribution in [0.2, 0.25) is 0 Å². The van der Waals surface area contributed by atoms with Gasteiger partial charge in [-0.2, -0.15) is 0 Å². The van der Waals surface area contributed by atoms with E-state index in [2.05, 4.69) is 55.6 Å². The summed E-state index contributed by atoms with van der Waals surface area (Å²) in [6, 6.07) is 0.